The van der Waals surface area contributed by atoms with E-state index in [2.05, 4.69) is 11.5 Å². The quantitative estimate of drug-likeness (QED) is 0.592. The zero-order chi connectivity index (χ0) is 20.4. The second-order valence-electron chi connectivity index (χ2n) is 7.97. The number of fused-ring (bicyclic) bond motifs is 1. The van der Waals surface area contributed by atoms with Gasteiger partial charge < -0.3 is 9.47 Å². The minimum atomic E-state index is -0.241. The van der Waals surface area contributed by atoms with Gasteiger partial charge in [-0.25, -0.2) is 4.39 Å². The molecule has 1 amide bonds. The Morgan fingerprint density at radius 2 is 1.76 bits per heavy atom. The van der Waals surface area contributed by atoms with Crippen LogP contribution in [0.4, 0.5) is 4.39 Å². The van der Waals surface area contributed by atoms with Crippen LogP contribution < -0.4 is 0 Å². The molecule has 0 bridgehead atoms. The molecule has 0 saturated carbocycles. The Bertz CT molecular complexity index is 1020. The van der Waals surface area contributed by atoms with E-state index < -0.39 is 0 Å². The van der Waals surface area contributed by atoms with E-state index in [1.807, 2.05) is 43.4 Å². The van der Waals surface area contributed by atoms with Crippen molar-refractivity contribution in [3.05, 3.63) is 94.1 Å². The van der Waals surface area contributed by atoms with Gasteiger partial charge in [-0.3, -0.25) is 4.79 Å². The third kappa shape index (κ3) is 3.98. The van der Waals surface area contributed by atoms with Crippen molar-refractivity contribution in [2.45, 2.75) is 45.7 Å². The van der Waals surface area contributed by atoms with Crippen molar-refractivity contribution >= 4 is 5.91 Å². The van der Waals surface area contributed by atoms with E-state index in [1.54, 1.807) is 17.0 Å². The molecule has 0 fully saturated rings. The third-order valence-electron chi connectivity index (χ3n) is 5.88. The number of aromatic nitrogens is 1. The molecular weight excluding hydrogens is 363 g/mol. The molecule has 1 aliphatic rings. The Hall–Kier alpha value is -2.88. The Morgan fingerprint density at radius 1 is 1.03 bits per heavy atom. The average Bonchev–Trinajstić information content (AvgIpc) is 3.00. The van der Waals surface area contributed by atoms with E-state index >= 15 is 0 Å². The Morgan fingerprint density at radius 3 is 2.52 bits per heavy atom. The van der Waals surface area contributed by atoms with Gasteiger partial charge in [0, 0.05) is 25.8 Å². The monoisotopic (exact) mass is 390 g/mol. The van der Waals surface area contributed by atoms with Crippen molar-refractivity contribution in [2.75, 3.05) is 7.05 Å². The second kappa shape index (κ2) is 8.24. The van der Waals surface area contributed by atoms with Gasteiger partial charge in [0.1, 0.15) is 11.5 Å². The van der Waals surface area contributed by atoms with Gasteiger partial charge in [0.2, 0.25) is 0 Å². The van der Waals surface area contributed by atoms with Crippen LogP contribution in [0.15, 0.2) is 54.6 Å². The summed E-state index contributed by atoms with van der Waals surface area (Å²) < 4.78 is 15.9. The Balaban J connectivity index is 1.71. The van der Waals surface area contributed by atoms with Gasteiger partial charge in [-0.15, -0.1) is 0 Å². The largest absolute Gasteiger partial charge is 0.336 e. The van der Waals surface area contributed by atoms with Crippen LogP contribution >= 0.6 is 0 Å². The van der Waals surface area contributed by atoms with Crippen molar-refractivity contribution in [1.29, 1.82) is 0 Å². The van der Waals surface area contributed by atoms with E-state index in [4.69, 9.17) is 0 Å². The van der Waals surface area contributed by atoms with E-state index in [0.717, 1.165) is 48.1 Å². The zero-order valence-corrected chi connectivity index (χ0v) is 17.1. The maximum Gasteiger partial charge on any atom is 0.270 e. The van der Waals surface area contributed by atoms with Crippen molar-refractivity contribution in [3.63, 3.8) is 0 Å². The number of amides is 1. The van der Waals surface area contributed by atoms with Crippen LogP contribution in [0, 0.1) is 12.7 Å². The van der Waals surface area contributed by atoms with Gasteiger partial charge in [-0.2, -0.15) is 0 Å². The molecule has 4 rings (SSSR count). The highest BCUT2D eigenvalue weighted by Gasteiger charge is 2.28. The highest BCUT2D eigenvalue weighted by atomic mass is 19.1. The van der Waals surface area contributed by atoms with Crippen molar-refractivity contribution in [2.24, 2.45) is 0 Å². The molecule has 150 valence electrons. The summed E-state index contributed by atoms with van der Waals surface area (Å²) in [6.45, 7) is 3.15. The Kier molecular flexibility index (Phi) is 5.52. The first-order valence-corrected chi connectivity index (χ1v) is 10.3. The molecule has 1 aliphatic carbocycles. The number of rotatable bonds is 5. The molecule has 29 heavy (non-hydrogen) atoms. The fourth-order valence-corrected chi connectivity index (χ4v) is 4.45. The molecule has 0 atom stereocenters. The number of hydrogen-bond donors (Lipinski definition) is 0. The predicted octanol–water partition coefficient (Wildman–Crippen LogP) is 5.13. The molecule has 0 N–H and O–H groups in total. The Labute approximate surface area is 171 Å². The van der Waals surface area contributed by atoms with Crippen LogP contribution in [0.25, 0.3) is 0 Å². The molecule has 1 heterocycles. The number of hydrogen-bond acceptors (Lipinski definition) is 1. The van der Waals surface area contributed by atoms with Gasteiger partial charge >= 0.3 is 0 Å². The molecule has 0 unspecified atom stereocenters. The average molecular weight is 391 g/mol. The normalized spacial score (nSPS) is 13.2. The third-order valence-corrected chi connectivity index (χ3v) is 5.88. The molecule has 0 aliphatic heterocycles. The van der Waals surface area contributed by atoms with Crippen LogP contribution in [-0.4, -0.2) is 22.4 Å². The van der Waals surface area contributed by atoms with Gasteiger partial charge in [0.25, 0.3) is 5.91 Å². The number of carbonyl (C=O) groups excluding carboxylic acids is 1. The fraction of sp³-hybridized carbons (Fsp3) is 0.320. The number of halogens is 1. The maximum atomic E-state index is 13.8. The molecule has 2 aromatic carbocycles. The summed E-state index contributed by atoms with van der Waals surface area (Å²) in [6.07, 6.45) is 4.28. The zero-order valence-electron chi connectivity index (χ0n) is 17.1. The summed E-state index contributed by atoms with van der Waals surface area (Å²) in [5.74, 6) is -0.216. The molecule has 3 nitrogen and oxygen atoms in total. The van der Waals surface area contributed by atoms with Gasteiger partial charge in [-0.05, 0) is 67.0 Å². The van der Waals surface area contributed by atoms with E-state index in [-0.39, 0.29) is 11.7 Å². The first-order valence-electron chi connectivity index (χ1n) is 10.3. The lowest BCUT2D eigenvalue weighted by molar-refractivity contribution is 0.0773. The van der Waals surface area contributed by atoms with E-state index in [0.29, 0.717) is 13.1 Å². The smallest absolute Gasteiger partial charge is 0.270 e. The molecule has 0 spiro atoms. The van der Waals surface area contributed by atoms with Crippen molar-refractivity contribution in [3.8, 4) is 0 Å². The summed E-state index contributed by atoms with van der Waals surface area (Å²) in [5, 5.41) is 0. The molecule has 0 radical (unpaired) electrons. The minimum Gasteiger partial charge on any atom is -0.336 e. The molecule has 3 aromatic rings. The van der Waals surface area contributed by atoms with Crippen LogP contribution in [0.2, 0.25) is 0 Å². The summed E-state index contributed by atoms with van der Waals surface area (Å²) >= 11 is 0. The van der Waals surface area contributed by atoms with E-state index in [9.17, 15) is 9.18 Å². The lowest BCUT2D eigenvalue weighted by Crippen LogP contribution is -2.29. The summed E-state index contributed by atoms with van der Waals surface area (Å²) in [7, 11) is 1.85. The summed E-state index contributed by atoms with van der Waals surface area (Å²) in [4.78, 5) is 15.3. The van der Waals surface area contributed by atoms with E-state index in [1.165, 1.54) is 17.3 Å². The van der Waals surface area contributed by atoms with Crippen LogP contribution in [0.3, 0.4) is 0 Å². The van der Waals surface area contributed by atoms with Crippen LogP contribution in [0.5, 0.6) is 0 Å². The van der Waals surface area contributed by atoms with Gasteiger partial charge in [0.05, 0.1) is 0 Å². The lowest BCUT2D eigenvalue weighted by Gasteiger charge is -2.21. The van der Waals surface area contributed by atoms with Crippen molar-refractivity contribution < 1.29 is 9.18 Å². The standard InChI is InChI=1S/C25H27FN2O/c1-18-22-13-6-7-14-23(22)28(17-20-11-8-12-21(26)15-20)24(18)25(29)27(2)16-19-9-4-3-5-10-19/h3-5,8-12,15H,6-7,13-14,16-17H2,1-2H3. The molecule has 0 saturated heterocycles. The van der Waals surface area contributed by atoms with Crippen LogP contribution in [-0.2, 0) is 25.9 Å². The van der Waals surface area contributed by atoms with Crippen molar-refractivity contribution in [1.82, 2.24) is 9.47 Å². The first kappa shape index (κ1) is 19.4. The second-order valence-corrected chi connectivity index (χ2v) is 7.97. The van der Waals surface area contributed by atoms with Gasteiger partial charge in [0.15, 0.2) is 0 Å². The SMILES string of the molecule is Cc1c2c(n(Cc3cccc(F)c3)c1C(=O)N(C)Cc1ccccc1)CCCC2. The molecule has 1 aromatic heterocycles. The first-order chi connectivity index (χ1) is 14.0. The fourth-order valence-electron chi connectivity index (χ4n) is 4.45. The maximum absolute atomic E-state index is 13.8. The highest BCUT2D eigenvalue weighted by Crippen LogP contribution is 2.31. The molecule has 4 heteroatoms. The predicted molar refractivity (Wildman–Crippen MR) is 114 cm³/mol. The number of nitrogens with zero attached hydrogens (tertiary/aromatic N) is 2. The minimum absolute atomic E-state index is 0.0251. The summed E-state index contributed by atoms with van der Waals surface area (Å²) in [5.41, 5.74) is 6.38. The number of carbonyl (C=O) groups is 1. The van der Waals surface area contributed by atoms with Gasteiger partial charge in [-0.1, -0.05) is 42.5 Å². The number of benzene rings is 2. The topological polar surface area (TPSA) is 25.2 Å². The van der Waals surface area contributed by atoms with Crippen LogP contribution in [0.1, 0.15) is 51.3 Å². The lowest BCUT2D eigenvalue weighted by atomic mass is 9.95. The summed E-state index contributed by atoms with van der Waals surface area (Å²) in [6, 6.07) is 16.7. The molecular formula is C25H27FN2O. The highest BCUT2D eigenvalue weighted by molar-refractivity contribution is 5.95.